The van der Waals surface area contributed by atoms with Crippen molar-refractivity contribution in [2.45, 2.75) is 52.0 Å². The van der Waals surface area contributed by atoms with Gasteiger partial charge in [-0.2, -0.15) is 0 Å². The number of rotatable bonds is 6. The van der Waals surface area contributed by atoms with E-state index in [0.29, 0.717) is 29.9 Å². The largest absolute Gasteiger partial charge is 0.356 e. The maximum absolute atomic E-state index is 12.8. The van der Waals surface area contributed by atoms with Crippen LogP contribution in [0.5, 0.6) is 0 Å². The molecule has 144 valence electrons. The van der Waals surface area contributed by atoms with E-state index in [1.165, 1.54) is 19.3 Å². The molecule has 0 radical (unpaired) electrons. The predicted molar refractivity (Wildman–Crippen MR) is 110 cm³/mol. The second kappa shape index (κ2) is 8.98. The van der Waals surface area contributed by atoms with E-state index in [4.69, 9.17) is 4.98 Å². The summed E-state index contributed by atoms with van der Waals surface area (Å²) < 4.78 is 0. The molecule has 1 fully saturated rings. The van der Waals surface area contributed by atoms with Crippen molar-refractivity contribution < 1.29 is 4.79 Å². The minimum atomic E-state index is -0.0963. The average molecular weight is 367 g/mol. The zero-order chi connectivity index (χ0) is 19.2. The summed E-state index contributed by atoms with van der Waals surface area (Å²) >= 11 is 0. The number of amides is 1. The van der Waals surface area contributed by atoms with Crippen molar-refractivity contribution in [3.8, 4) is 11.4 Å². The molecule has 5 heteroatoms. The molecule has 1 aliphatic carbocycles. The van der Waals surface area contributed by atoms with E-state index in [1.807, 2.05) is 30.3 Å². The molecular formula is C22H30N4O. The molecule has 0 saturated heterocycles. The van der Waals surface area contributed by atoms with Crippen molar-refractivity contribution in [2.75, 3.05) is 18.5 Å². The summed E-state index contributed by atoms with van der Waals surface area (Å²) in [6.07, 6.45) is 7.74. The van der Waals surface area contributed by atoms with E-state index < -0.39 is 0 Å². The Labute approximate surface area is 162 Å². The van der Waals surface area contributed by atoms with Gasteiger partial charge in [0.1, 0.15) is 11.4 Å². The molecule has 5 nitrogen and oxygen atoms in total. The van der Waals surface area contributed by atoms with Crippen molar-refractivity contribution in [1.29, 1.82) is 0 Å². The van der Waals surface area contributed by atoms with Gasteiger partial charge in [-0.1, -0.05) is 63.4 Å². The van der Waals surface area contributed by atoms with Crippen molar-refractivity contribution in [1.82, 2.24) is 15.3 Å². The Balaban J connectivity index is 1.95. The number of hydrogen-bond acceptors (Lipinski definition) is 4. The summed E-state index contributed by atoms with van der Waals surface area (Å²) in [6, 6.07) is 10.4. The number of carbonyl (C=O) groups excluding carboxylic acids is 1. The SMILES string of the molecule is CC(C)CNC(=O)c1cnc(-c2ccccc2)nc1N(C)C1CCCCC1. The minimum absolute atomic E-state index is 0.0963. The highest BCUT2D eigenvalue weighted by atomic mass is 16.1. The molecule has 0 bridgehead atoms. The molecule has 0 spiro atoms. The smallest absolute Gasteiger partial charge is 0.256 e. The summed E-state index contributed by atoms with van der Waals surface area (Å²) in [4.78, 5) is 24.3. The second-order valence-corrected chi connectivity index (χ2v) is 7.80. The third kappa shape index (κ3) is 4.85. The Bertz CT molecular complexity index is 754. The Morgan fingerprint density at radius 2 is 1.89 bits per heavy atom. The van der Waals surface area contributed by atoms with Crippen LogP contribution in [0.15, 0.2) is 36.5 Å². The van der Waals surface area contributed by atoms with Crippen LogP contribution in [0.25, 0.3) is 11.4 Å². The lowest BCUT2D eigenvalue weighted by atomic mass is 9.94. The van der Waals surface area contributed by atoms with Crippen molar-refractivity contribution in [3.05, 3.63) is 42.1 Å². The first kappa shape index (κ1) is 19.3. The lowest BCUT2D eigenvalue weighted by molar-refractivity contribution is 0.0948. The van der Waals surface area contributed by atoms with Gasteiger partial charge in [-0.3, -0.25) is 4.79 Å². The number of carbonyl (C=O) groups is 1. The number of hydrogen-bond donors (Lipinski definition) is 1. The summed E-state index contributed by atoms with van der Waals surface area (Å²) in [5, 5.41) is 3.01. The van der Waals surface area contributed by atoms with Crippen molar-refractivity contribution in [3.63, 3.8) is 0 Å². The Hall–Kier alpha value is -2.43. The van der Waals surface area contributed by atoms with Gasteiger partial charge in [0.25, 0.3) is 5.91 Å². The van der Waals surface area contributed by atoms with E-state index in [0.717, 1.165) is 24.2 Å². The van der Waals surface area contributed by atoms with E-state index in [1.54, 1.807) is 6.20 Å². The van der Waals surface area contributed by atoms with E-state index in [2.05, 4.69) is 36.1 Å². The summed E-state index contributed by atoms with van der Waals surface area (Å²) in [7, 11) is 2.06. The first-order valence-electron chi connectivity index (χ1n) is 9.99. The number of anilines is 1. The summed E-state index contributed by atoms with van der Waals surface area (Å²) in [6.45, 7) is 4.82. The molecule has 1 aliphatic rings. The topological polar surface area (TPSA) is 58.1 Å². The van der Waals surface area contributed by atoms with Crippen LogP contribution in [0.4, 0.5) is 5.82 Å². The van der Waals surface area contributed by atoms with E-state index >= 15 is 0 Å². The minimum Gasteiger partial charge on any atom is -0.356 e. The summed E-state index contributed by atoms with van der Waals surface area (Å²) in [5.74, 6) is 1.70. The van der Waals surface area contributed by atoms with Crippen LogP contribution in [-0.4, -0.2) is 35.5 Å². The molecule has 1 amide bonds. The van der Waals surface area contributed by atoms with Crippen LogP contribution in [0.1, 0.15) is 56.3 Å². The molecule has 0 atom stereocenters. The molecule has 1 N–H and O–H groups in total. The molecule has 3 rings (SSSR count). The maximum atomic E-state index is 12.8. The zero-order valence-corrected chi connectivity index (χ0v) is 16.6. The molecule has 1 saturated carbocycles. The van der Waals surface area contributed by atoms with Crippen LogP contribution in [0.2, 0.25) is 0 Å². The van der Waals surface area contributed by atoms with Gasteiger partial charge in [0.15, 0.2) is 5.82 Å². The van der Waals surface area contributed by atoms with Gasteiger partial charge in [0.2, 0.25) is 0 Å². The number of nitrogens with zero attached hydrogens (tertiary/aromatic N) is 3. The molecule has 27 heavy (non-hydrogen) atoms. The van der Waals surface area contributed by atoms with Crippen LogP contribution in [0.3, 0.4) is 0 Å². The van der Waals surface area contributed by atoms with Crippen molar-refractivity contribution >= 4 is 11.7 Å². The fourth-order valence-corrected chi connectivity index (χ4v) is 3.56. The number of nitrogens with one attached hydrogen (secondary N) is 1. The van der Waals surface area contributed by atoms with Crippen LogP contribution in [0, 0.1) is 5.92 Å². The van der Waals surface area contributed by atoms with Gasteiger partial charge in [-0.05, 0) is 18.8 Å². The quantitative estimate of drug-likeness (QED) is 0.828. The van der Waals surface area contributed by atoms with Crippen LogP contribution < -0.4 is 10.2 Å². The summed E-state index contributed by atoms with van der Waals surface area (Å²) in [5.41, 5.74) is 1.52. The molecule has 1 aromatic carbocycles. The standard InChI is InChI=1S/C22H30N4O/c1-16(2)14-24-22(27)19-15-23-20(17-10-6-4-7-11-17)25-21(19)26(3)18-12-8-5-9-13-18/h4,6-7,10-11,15-16,18H,5,8-9,12-14H2,1-3H3,(H,24,27). The van der Waals surface area contributed by atoms with E-state index in [9.17, 15) is 4.79 Å². The molecule has 0 aliphatic heterocycles. The number of benzene rings is 1. The third-order valence-corrected chi connectivity index (χ3v) is 5.17. The molecular weight excluding hydrogens is 336 g/mol. The molecule has 2 aromatic rings. The lowest BCUT2D eigenvalue weighted by Crippen LogP contribution is -2.37. The van der Waals surface area contributed by atoms with E-state index in [-0.39, 0.29) is 5.91 Å². The molecule has 1 aromatic heterocycles. The van der Waals surface area contributed by atoms with Gasteiger partial charge in [-0.25, -0.2) is 9.97 Å². The fourth-order valence-electron chi connectivity index (χ4n) is 3.56. The highest BCUT2D eigenvalue weighted by molar-refractivity contribution is 5.98. The van der Waals surface area contributed by atoms with Gasteiger partial charge >= 0.3 is 0 Å². The molecule has 1 heterocycles. The lowest BCUT2D eigenvalue weighted by Gasteiger charge is -2.33. The monoisotopic (exact) mass is 366 g/mol. The van der Waals surface area contributed by atoms with Crippen LogP contribution in [-0.2, 0) is 0 Å². The zero-order valence-electron chi connectivity index (χ0n) is 16.6. The first-order chi connectivity index (χ1) is 13.1. The van der Waals surface area contributed by atoms with Crippen molar-refractivity contribution in [2.24, 2.45) is 5.92 Å². The van der Waals surface area contributed by atoms with Crippen LogP contribution >= 0.6 is 0 Å². The number of aromatic nitrogens is 2. The first-order valence-corrected chi connectivity index (χ1v) is 9.99. The maximum Gasteiger partial charge on any atom is 0.256 e. The van der Waals surface area contributed by atoms with Gasteiger partial charge < -0.3 is 10.2 Å². The molecule has 0 unspecified atom stereocenters. The highest BCUT2D eigenvalue weighted by Gasteiger charge is 2.24. The average Bonchev–Trinajstić information content (AvgIpc) is 2.72. The Kier molecular flexibility index (Phi) is 6.43. The second-order valence-electron chi connectivity index (χ2n) is 7.80. The normalized spacial score (nSPS) is 15.0. The van der Waals surface area contributed by atoms with Gasteiger partial charge in [0.05, 0.1) is 0 Å². The Morgan fingerprint density at radius 3 is 2.56 bits per heavy atom. The highest BCUT2D eigenvalue weighted by Crippen LogP contribution is 2.28. The fraction of sp³-hybridized carbons (Fsp3) is 0.500. The third-order valence-electron chi connectivity index (χ3n) is 5.17. The van der Waals surface area contributed by atoms with Gasteiger partial charge in [0, 0.05) is 31.4 Å². The van der Waals surface area contributed by atoms with Gasteiger partial charge in [-0.15, -0.1) is 0 Å². The Morgan fingerprint density at radius 1 is 1.19 bits per heavy atom. The predicted octanol–water partition coefficient (Wildman–Crippen LogP) is 4.30.